The number of benzene rings is 2. The quantitative estimate of drug-likeness (QED) is 0.314. The van der Waals surface area contributed by atoms with E-state index in [1.54, 1.807) is 36.1 Å². The Morgan fingerprint density at radius 2 is 1.84 bits per heavy atom. The maximum atomic E-state index is 12.9. The van der Waals surface area contributed by atoms with Gasteiger partial charge in [0.1, 0.15) is 4.32 Å². The van der Waals surface area contributed by atoms with Gasteiger partial charge in [-0.25, -0.2) is 4.79 Å². The minimum absolute atomic E-state index is 0.126. The molecule has 0 unspecified atom stereocenters. The summed E-state index contributed by atoms with van der Waals surface area (Å²) in [5.74, 6) is 0.347. The van der Waals surface area contributed by atoms with Gasteiger partial charge in [-0.2, -0.15) is 0 Å². The first-order chi connectivity index (χ1) is 15.0. The molecule has 0 radical (unpaired) electrons. The second-order valence-electron chi connectivity index (χ2n) is 6.49. The number of esters is 1. The zero-order valence-corrected chi connectivity index (χ0v) is 19.0. The van der Waals surface area contributed by atoms with E-state index in [-0.39, 0.29) is 12.5 Å². The highest BCUT2D eigenvalue weighted by molar-refractivity contribution is 8.26. The largest absolute Gasteiger partial charge is 0.490 e. The lowest BCUT2D eigenvalue weighted by atomic mass is 10.1. The first-order valence-electron chi connectivity index (χ1n) is 9.86. The molecule has 31 heavy (non-hydrogen) atoms. The average Bonchev–Trinajstić information content (AvgIpc) is 3.02. The van der Waals surface area contributed by atoms with E-state index in [1.165, 1.54) is 11.8 Å². The summed E-state index contributed by atoms with van der Waals surface area (Å²) in [6.07, 6.45) is 1.78. The van der Waals surface area contributed by atoms with Crippen LogP contribution in [0.4, 0.5) is 0 Å². The molecule has 1 aliphatic heterocycles. The first kappa shape index (κ1) is 22.8. The van der Waals surface area contributed by atoms with Gasteiger partial charge in [0.2, 0.25) is 0 Å². The Morgan fingerprint density at radius 3 is 2.55 bits per heavy atom. The number of carbonyl (C=O) groups is 2. The highest BCUT2D eigenvalue weighted by atomic mass is 32.2. The Bertz CT molecular complexity index is 991. The summed E-state index contributed by atoms with van der Waals surface area (Å²) in [6, 6.07) is 15.0. The second kappa shape index (κ2) is 11.0. The van der Waals surface area contributed by atoms with Crippen molar-refractivity contribution in [2.75, 3.05) is 19.8 Å². The summed E-state index contributed by atoms with van der Waals surface area (Å²) in [6.45, 7) is 4.55. The number of ether oxygens (including phenoxy) is 3. The Balaban J connectivity index is 1.76. The Morgan fingerprint density at radius 1 is 1.06 bits per heavy atom. The molecule has 0 N–H and O–H groups in total. The fourth-order valence-corrected chi connectivity index (χ4v) is 4.15. The molecule has 0 bridgehead atoms. The van der Waals surface area contributed by atoms with Crippen molar-refractivity contribution >= 4 is 46.3 Å². The van der Waals surface area contributed by atoms with Crippen molar-refractivity contribution in [2.45, 2.75) is 20.4 Å². The molecule has 1 aliphatic rings. The number of carbonyl (C=O) groups excluding carboxylic acids is 2. The van der Waals surface area contributed by atoms with E-state index in [0.29, 0.717) is 40.5 Å². The molecule has 3 rings (SSSR count). The van der Waals surface area contributed by atoms with E-state index in [1.807, 2.05) is 37.3 Å². The summed E-state index contributed by atoms with van der Waals surface area (Å²) in [5.41, 5.74) is 1.79. The first-order valence-corrected chi connectivity index (χ1v) is 11.1. The molecular weight excluding hydrogens is 434 g/mol. The smallest absolute Gasteiger partial charge is 0.344 e. The van der Waals surface area contributed by atoms with E-state index < -0.39 is 5.97 Å². The van der Waals surface area contributed by atoms with Gasteiger partial charge < -0.3 is 14.2 Å². The molecule has 1 fully saturated rings. The molecule has 0 aliphatic carbocycles. The molecule has 0 atom stereocenters. The molecule has 2 aromatic carbocycles. The summed E-state index contributed by atoms with van der Waals surface area (Å²) in [7, 11) is 0. The van der Waals surface area contributed by atoms with Crippen LogP contribution in [0.15, 0.2) is 53.4 Å². The average molecular weight is 458 g/mol. The van der Waals surface area contributed by atoms with Crippen LogP contribution in [0.1, 0.15) is 25.0 Å². The molecule has 6 nitrogen and oxygen atoms in total. The van der Waals surface area contributed by atoms with Gasteiger partial charge in [-0.3, -0.25) is 9.69 Å². The molecule has 0 saturated carbocycles. The van der Waals surface area contributed by atoms with Gasteiger partial charge in [0.25, 0.3) is 5.91 Å². The van der Waals surface area contributed by atoms with Crippen LogP contribution in [0.25, 0.3) is 6.08 Å². The lowest BCUT2D eigenvalue weighted by molar-refractivity contribution is -0.145. The van der Waals surface area contributed by atoms with Crippen molar-refractivity contribution in [1.29, 1.82) is 0 Å². The van der Waals surface area contributed by atoms with Crippen molar-refractivity contribution in [3.05, 3.63) is 64.6 Å². The van der Waals surface area contributed by atoms with Crippen LogP contribution in [0, 0.1) is 0 Å². The van der Waals surface area contributed by atoms with Crippen molar-refractivity contribution < 1.29 is 23.8 Å². The number of amides is 1. The second-order valence-corrected chi connectivity index (χ2v) is 8.16. The Kier molecular flexibility index (Phi) is 8.08. The van der Waals surface area contributed by atoms with Gasteiger partial charge in [-0.15, -0.1) is 0 Å². The highest BCUT2D eigenvalue weighted by Gasteiger charge is 2.32. The van der Waals surface area contributed by atoms with Gasteiger partial charge in [0.15, 0.2) is 18.1 Å². The minimum Gasteiger partial charge on any atom is -0.490 e. The fourth-order valence-electron chi connectivity index (χ4n) is 2.89. The van der Waals surface area contributed by atoms with Crippen molar-refractivity contribution in [3.63, 3.8) is 0 Å². The van der Waals surface area contributed by atoms with Crippen LogP contribution < -0.4 is 9.47 Å². The summed E-state index contributed by atoms with van der Waals surface area (Å²) in [5, 5.41) is 0. The van der Waals surface area contributed by atoms with Crippen LogP contribution in [0.2, 0.25) is 0 Å². The van der Waals surface area contributed by atoms with Gasteiger partial charge in [-0.1, -0.05) is 60.4 Å². The molecular formula is C23H23NO5S2. The third-order valence-corrected chi connectivity index (χ3v) is 5.65. The molecule has 1 saturated heterocycles. The maximum Gasteiger partial charge on any atom is 0.344 e. The molecule has 2 aromatic rings. The van der Waals surface area contributed by atoms with Crippen molar-refractivity contribution in [3.8, 4) is 11.5 Å². The van der Waals surface area contributed by atoms with E-state index in [0.717, 1.165) is 11.1 Å². The van der Waals surface area contributed by atoms with Crippen LogP contribution >= 0.6 is 24.0 Å². The Labute approximate surface area is 191 Å². The van der Waals surface area contributed by atoms with E-state index >= 15 is 0 Å². The van der Waals surface area contributed by atoms with Crippen molar-refractivity contribution in [2.24, 2.45) is 0 Å². The van der Waals surface area contributed by atoms with Gasteiger partial charge in [0, 0.05) is 0 Å². The summed E-state index contributed by atoms with van der Waals surface area (Å²) >= 11 is 6.69. The van der Waals surface area contributed by atoms with Gasteiger partial charge >= 0.3 is 5.97 Å². The zero-order valence-electron chi connectivity index (χ0n) is 17.3. The summed E-state index contributed by atoms with van der Waals surface area (Å²) in [4.78, 5) is 26.6. The molecule has 162 valence electrons. The van der Waals surface area contributed by atoms with Crippen LogP contribution in [0.3, 0.4) is 0 Å². The van der Waals surface area contributed by atoms with Crippen LogP contribution in [0.5, 0.6) is 11.5 Å². The van der Waals surface area contributed by atoms with E-state index in [4.69, 9.17) is 26.4 Å². The Hall–Kier alpha value is -2.84. The number of thioether (sulfide) groups is 1. The zero-order chi connectivity index (χ0) is 22.2. The number of hydrogen-bond donors (Lipinski definition) is 0. The third kappa shape index (κ3) is 6.08. The van der Waals surface area contributed by atoms with Crippen LogP contribution in [-0.4, -0.2) is 40.9 Å². The maximum absolute atomic E-state index is 12.9. The topological polar surface area (TPSA) is 65.1 Å². The van der Waals surface area contributed by atoms with Crippen molar-refractivity contribution in [1.82, 2.24) is 4.90 Å². The standard InChI is InChI=1S/C23H23NO5S2/c1-3-27-19-12-17(10-11-18(19)29-15-21(25)28-4-2)13-20-22(26)24(23(30)31-20)14-16-8-6-5-7-9-16/h5-13H,3-4,14-15H2,1-2H3/b20-13-. The monoisotopic (exact) mass is 457 g/mol. The normalized spacial score (nSPS) is 14.8. The van der Waals surface area contributed by atoms with Gasteiger partial charge in [0.05, 0.1) is 24.7 Å². The molecule has 0 spiro atoms. The SMILES string of the molecule is CCOC(=O)COc1ccc(/C=C2\SC(=S)N(Cc3ccccc3)C2=O)cc1OCC. The lowest BCUT2D eigenvalue weighted by Gasteiger charge is -2.14. The highest BCUT2D eigenvalue weighted by Crippen LogP contribution is 2.35. The lowest BCUT2D eigenvalue weighted by Crippen LogP contribution is -2.27. The van der Waals surface area contributed by atoms with Crippen LogP contribution in [-0.2, 0) is 20.9 Å². The number of hydrogen-bond acceptors (Lipinski definition) is 7. The number of rotatable bonds is 9. The number of nitrogens with zero attached hydrogens (tertiary/aromatic N) is 1. The van der Waals surface area contributed by atoms with E-state index in [9.17, 15) is 9.59 Å². The predicted molar refractivity (Wildman–Crippen MR) is 125 cm³/mol. The van der Waals surface area contributed by atoms with Gasteiger partial charge in [-0.05, 0) is 43.2 Å². The minimum atomic E-state index is -0.448. The third-order valence-electron chi connectivity index (χ3n) is 4.27. The molecule has 8 heteroatoms. The van der Waals surface area contributed by atoms with E-state index in [2.05, 4.69) is 0 Å². The fraction of sp³-hybridized carbons (Fsp3) is 0.261. The summed E-state index contributed by atoms with van der Waals surface area (Å²) < 4.78 is 16.6. The molecule has 1 amide bonds. The molecule has 0 aromatic heterocycles. The number of thiocarbonyl (C=S) groups is 1. The predicted octanol–water partition coefficient (Wildman–Crippen LogP) is 4.43. The molecule has 1 heterocycles.